The molecule has 38 heavy (non-hydrogen) atoms. The van der Waals surface area contributed by atoms with Crippen LogP contribution in [0.15, 0.2) is 97.8 Å². The summed E-state index contributed by atoms with van der Waals surface area (Å²) in [7, 11) is 0. The molecule has 0 fully saturated rings. The zero-order valence-corrected chi connectivity index (χ0v) is 20.0. The maximum atomic E-state index is 13.6. The lowest BCUT2D eigenvalue weighted by molar-refractivity contribution is -0.137. The summed E-state index contributed by atoms with van der Waals surface area (Å²) in [6, 6.07) is 15.3. The van der Waals surface area contributed by atoms with Crippen LogP contribution in [0, 0.1) is 6.92 Å². The molecule has 5 aromatic rings. The topological polar surface area (TPSA) is 88.8 Å². The first kappa shape index (κ1) is 24.6. The smallest absolute Gasteiger partial charge is 0.322 e. The van der Waals surface area contributed by atoms with Gasteiger partial charge in [0.1, 0.15) is 5.82 Å². The van der Waals surface area contributed by atoms with Gasteiger partial charge < -0.3 is 9.88 Å². The molecule has 0 aliphatic heterocycles. The summed E-state index contributed by atoms with van der Waals surface area (Å²) in [5.41, 5.74) is 0.984. The van der Waals surface area contributed by atoms with Crippen molar-refractivity contribution in [3.05, 3.63) is 115 Å². The molecule has 0 aliphatic carbocycles. The van der Waals surface area contributed by atoms with Crippen molar-refractivity contribution in [1.82, 2.24) is 24.5 Å². The lowest BCUT2D eigenvalue weighted by Gasteiger charge is -2.22. The van der Waals surface area contributed by atoms with E-state index in [0.717, 1.165) is 12.1 Å². The van der Waals surface area contributed by atoms with Gasteiger partial charge in [-0.2, -0.15) is 13.2 Å². The predicted octanol–water partition coefficient (Wildman–Crippen LogP) is 6.11. The van der Waals surface area contributed by atoms with Crippen molar-refractivity contribution in [1.29, 1.82) is 0 Å². The minimum absolute atomic E-state index is 0.00618. The summed E-state index contributed by atoms with van der Waals surface area (Å²) in [4.78, 5) is 31.6. The first-order chi connectivity index (χ1) is 18.3. The van der Waals surface area contributed by atoms with Gasteiger partial charge in [0, 0.05) is 53.6 Å². The van der Waals surface area contributed by atoms with E-state index >= 15 is 0 Å². The van der Waals surface area contributed by atoms with Crippen LogP contribution in [0.25, 0.3) is 5.69 Å². The number of nitrogens with zero attached hydrogens (tertiary/aromatic N) is 6. The van der Waals surface area contributed by atoms with Gasteiger partial charge in [0.15, 0.2) is 0 Å². The van der Waals surface area contributed by atoms with Crippen molar-refractivity contribution in [2.75, 3.05) is 10.2 Å². The number of hydrogen-bond donors (Lipinski definition) is 1. The second kappa shape index (κ2) is 10.1. The van der Waals surface area contributed by atoms with E-state index in [-0.39, 0.29) is 16.9 Å². The molecule has 0 radical (unpaired) electrons. The number of aryl methyl sites for hydroxylation is 1. The second-order valence-electron chi connectivity index (χ2n) is 8.21. The molecule has 0 saturated heterocycles. The fourth-order valence-electron chi connectivity index (χ4n) is 3.87. The Morgan fingerprint density at radius 1 is 0.895 bits per heavy atom. The molecule has 0 atom stereocenters. The van der Waals surface area contributed by atoms with Crippen molar-refractivity contribution >= 4 is 28.9 Å². The Balaban J connectivity index is 1.44. The number of benzene rings is 2. The molecule has 2 aromatic carbocycles. The molecule has 3 heterocycles. The van der Waals surface area contributed by atoms with Gasteiger partial charge in [-0.05, 0) is 67.6 Å². The number of rotatable bonds is 6. The van der Waals surface area contributed by atoms with Gasteiger partial charge >= 0.3 is 6.18 Å². The molecular weight excluding hydrogens is 495 g/mol. The van der Waals surface area contributed by atoms with Gasteiger partial charge in [-0.15, -0.1) is 0 Å². The van der Waals surface area contributed by atoms with Gasteiger partial charge in [-0.25, -0.2) is 15.0 Å². The molecule has 0 saturated carbocycles. The zero-order valence-electron chi connectivity index (χ0n) is 20.0. The standard InChI is InChI=1S/C27H20F3N7O/c1-18-32-12-13-36(18)24-15-20(27(28,29)30)14-21(16-24)35-25(38)19-5-7-22(8-6-19)37(23-4-2-9-31-17-23)26-33-10-3-11-34-26/h2-17H,1H3,(H,35,38). The Bertz CT molecular complexity index is 1510. The summed E-state index contributed by atoms with van der Waals surface area (Å²) in [6.07, 6.45) is 4.98. The third-order valence-corrected chi connectivity index (χ3v) is 5.65. The Morgan fingerprint density at radius 2 is 1.66 bits per heavy atom. The molecule has 0 bridgehead atoms. The van der Waals surface area contributed by atoms with Crippen LogP contribution in [-0.2, 0) is 6.18 Å². The van der Waals surface area contributed by atoms with E-state index in [1.165, 1.54) is 16.8 Å². The van der Waals surface area contributed by atoms with Crippen LogP contribution in [0.4, 0.5) is 36.2 Å². The monoisotopic (exact) mass is 515 g/mol. The first-order valence-electron chi connectivity index (χ1n) is 11.4. The second-order valence-corrected chi connectivity index (χ2v) is 8.21. The highest BCUT2D eigenvalue weighted by Crippen LogP contribution is 2.34. The SMILES string of the molecule is Cc1nccn1-c1cc(NC(=O)c2ccc(N(c3cccnc3)c3ncccn3)cc2)cc(C(F)(F)F)c1. The minimum atomic E-state index is -4.60. The Labute approximate surface area is 215 Å². The van der Waals surface area contributed by atoms with Crippen molar-refractivity contribution in [3.63, 3.8) is 0 Å². The number of carbonyl (C=O) groups is 1. The van der Waals surface area contributed by atoms with Crippen molar-refractivity contribution in [2.24, 2.45) is 0 Å². The van der Waals surface area contributed by atoms with Crippen LogP contribution in [0.1, 0.15) is 21.7 Å². The van der Waals surface area contributed by atoms with E-state index in [0.29, 0.717) is 23.1 Å². The van der Waals surface area contributed by atoms with E-state index in [9.17, 15) is 18.0 Å². The van der Waals surface area contributed by atoms with Gasteiger partial charge in [0.05, 0.1) is 17.4 Å². The van der Waals surface area contributed by atoms with Crippen molar-refractivity contribution in [2.45, 2.75) is 13.1 Å². The lowest BCUT2D eigenvalue weighted by Crippen LogP contribution is -2.15. The van der Waals surface area contributed by atoms with Crippen molar-refractivity contribution < 1.29 is 18.0 Å². The summed E-state index contributed by atoms with van der Waals surface area (Å²) >= 11 is 0. The third-order valence-electron chi connectivity index (χ3n) is 5.65. The number of halogens is 3. The highest BCUT2D eigenvalue weighted by atomic mass is 19.4. The molecule has 0 spiro atoms. The zero-order chi connectivity index (χ0) is 26.7. The van der Waals surface area contributed by atoms with Crippen molar-refractivity contribution in [3.8, 4) is 5.69 Å². The maximum absolute atomic E-state index is 13.6. The Hall–Kier alpha value is -5.06. The van der Waals surface area contributed by atoms with Gasteiger partial charge in [0.2, 0.25) is 5.95 Å². The lowest BCUT2D eigenvalue weighted by atomic mass is 10.1. The normalized spacial score (nSPS) is 11.3. The van der Waals surface area contributed by atoms with E-state index in [2.05, 4.69) is 25.3 Å². The highest BCUT2D eigenvalue weighted by molar-refractivity contribution is 6.04. The Kier molecular flexibility index (Phi) is 6.56. The van der Waals surface area contributed by atoms with E-state index in [1.54, 1.807) is 79.2 Å². The highest BCUT2D eigenvalue weighted by Gasteiger charge is 2.31. The number of anilines is 4. The number of hydrogen-bond acceptors (Lipinski definition) is 6. The Morgan fingerprint density at radius 3 is 2.29 bits per heavy atom. The van der Waals surface area contributed by atoms with Crippen LogP contribution in [-0.4, -0.2) is 30.4 Å². The third kappa shape index (κ3) is 5.21. The molecule has 190 valence electrons. The van der Waals surface area contributed by atoms with E-state index in [1.807, 2.05) is 6.07 Å². The number of imidazole rings is 1. The maximum Gasteiger partial charge on any atom is 0.416 e. The van der Waals surface area contributed by atoms with Crippen LogP contribution in [0.2, 0.25) is 0 Å². The number of alkyl halides is 3. The average molecular weight is 515 g/mol. The van der Waals surface area contributed by atoms with Gasteiger partial charge in [-0.1, -0.05) is 0 Å². The average Bonchev–Trinajstić information content (AvgIpc) is 3.35. The minimum Gasteiger partial charge on any atom is -0.322 e. The molecule has 1 amide bonds. The predicted molar refractivity (Wildman–Crippen MR) is 136 cm³/mol. The molecule has 5 rings (SSSR count). The molecule has 0 unspecified atom stereocenters. The van der Waals surface area contributed by atoms with Crippen LogP contribution >= 0.6 is 0 Å². The van der Waals surface area contributed by atoms with E-state index < -0.39 is 17.6 Å². The molecular formula is C27H20F3N7O. The summed E-state index contributed by atoms with van der Waals surface area (Å²) in [5.74, 6) is 0.356. The fourth-order valence-corrected chi connectivity index (χ4v) is 3.87. The molecule has 1 N–H and O–H groups in total. The summed E-state index contributed by atoms with van der Waals surface area (Å²) in [5, 5.41) is 2.58. The number of pyridine rings is 1. The molecule has 11 heteroatoms. The van der Waals surface area contributed by atoms with Gasteiger partial charge in [0.25, 0.3) is 5.91 Å². The molecule has 0 aliphatic rings. The van der Waals surface area contributed by atoms with Crippen LogP contribution < -0.4 is 10.2 Å². The number of carbonyl (C=O) groups excluding carboxylic acids is 1. The van der Waals surface area contributed by atoms with Gasteiger partial charge in [-0.3, -0.25) is 14.7 Å². The summed E-state index contributed by atoms with van der Waals surface area (Å²) in [6.45, 7) is 1.68. The fraction of sp³-hybridized carbons (Fsp3) is 0.0741. The quantitative estimate of drug-likeness (QED) is 0.294. The number of aromatic nitrogens is 5. The van der Waals surface area contributed by atoms with E-state index in [4.69, 9.17) is 0 Å². The van der Waals surface area contributed by atoms with Crippen LogP contribution in [0.3, 0.4) is 0 Å². The number of nitrogens with one attached hydrogen (secondary N) is 1. The molecule has 3 aromatic heterocycles. The number of amides is 1. The molecule has 8 nitrogen and oxygen atoms in total. The van der Waals surface area contributed by atoms with Crippen LogP contribution in [0.5, 0.6) is 0 Å². The summed E-state index contributed by atoms with van der Waals surface area (Å²) < 4.78 is 42.3. The largest absolute Gasteiger partial charge is 0.416 e. The first-order valence-corrected chi connectivity index (χ1v) is 11.4.